The highest BCUT2D eigenvalue weighted by Gasteiger charge is 2.19. The summed E-state index contributed by atoms with van der Waals surface area (Å²) in [5.41, 5.74) is 0. The molecule has 0 amide bonds. The van der Waals surface area contributed by atoms with Gasteiger partial charge in [0, 0.05) is 18.0 Å². The second kappa shape index (κ2) is 7.41. The molecule has 0 saturated heterocycles. The third-order valence-electron chi connectivity index (χ3n) is 3.10. The molecule has 3 nitrogen and oxygen atoms in total. The molecular formula is C14H23N3S. The summed E-state index contributed by atoms with van der Waals surface area (Å²) < 4.78 is 0. The zero-order valence-corrected chi connectivity index (χ0v) is 11.9. The quantitative estimate of drug-likeness (QED) is 0.452. The Balaban J connectivity index is 1.69. The third-order valence-corrected chi connectivity index (χ3v) is 3.96. The van der Waals surface area contributed by atoms with Gasteiger partial charge in [0.15, 0.2) is 5.96 Å². The lowest BCUT2D eigenvalue weighted by atomic mass is 10.2. The summed E-state index contributed by atoms with van der Waals surface area (Å²) in [5, 5.41) is 8.80. The first-order valence-electron chi connectivity index (χ1n) is 6.93. The van der Waals surface area contributed by atoms with E-state index >= 15 is 0 Å². The van der Waals surface area contributed by atoms with Crippen molar-refractivity contribution in [3.63, 3.8) is 0 Å². The summed E-state index contributed by atoms with van der Waals surface area (Å²) in [4.78, 5) is 5.90. The van der Waals surface area contributed by atoms with Crippen LogP contribution in [-0.4, -0.2) is 19.0 Å². The number of aliphatic imine (C=N–C) groups is 1. The summed E-state index contributed by atoms with van der Waals surface area (Å²) in [5.74, 6) is 1.97. The van der Waals surface area contributed by atoms with Gasteiger partial charge in [-0.1, -0.05) is 18.9 Å². The van der Waals surface area contributed by atoms with Gasteiger partial charge in [-0.05, 0) is 37.1 Å². The maximum absolute atomic E-state index is 4.59. The lowest BCUT2D eigenvalue weighted by Gasteiger charge is -2.10. The minimum absolute atomic E-state index is 0.773. The van der Waals surface area contributed by atoms with Crippen molar-refractivity contribution < 1.29 is 0 Å². The van der Waals surface area contributed by atoms with Crippen molar-refractivity contribution in [2.45, 2.75) is 39.2 Å². The van der Waals surface area contributed by atoms with Gasteiger partial charge in [0.2, 0.25) is 0 Å². The molecule has 0 aromatic carbocycles. The Hall–Kier alpha value is -1.03. The van der Waals surface area contributed by atoms with Crippen LogP contribution < -0.4 is 10.6 Å². The molecule has 0 aliphatic heterocycles. The standard InChI is InChI=1S/C14H23N3S/c1-2-15-14(16-9-3-5-12-7-8-12)17-11-13-6-4-10-18-13/h4,6,10,12H,2-3,5,7-9,11H2,1H3,(H2,15,16,17). The van der Waals surface area contributed by atoms with E-state index < -0.39 is 0 Å². The SMILES string of the molecule is CCNC(=NCc1cccs1)NCCCC1CC1. The van der Waals surface area contributed by atoms with Crippen LogP contribution in [0, 0.1) is 5.92 Å². The van der Waals surface area contributed by atoms with Gasteiger partial charge >= 0.3 is 0 Å². The normalized spacial score (nSPS) is 15.7. The van der Waals surface area contributed by atoms with Gasteiger partial charge in [-0.2, -0.15) is 0 Å². The Kier molecular flexibility index (Phi) is 5.52. The van der Waals surface area contributed by atoms with Crippen molar-refractivity contribution in [2.24, 2.45) is 10.9 Å². The van der Waals surface area contributed by atoms with Gasteiger partial charge in [0.25, 0.3) is 0 Å². The summed E-state index contributed by atoms with van der Waals surface area (Å²) in [6.45, 7) is 4.83. The molecule has 1 aliphatic carbocycles. The highest BCUT2D eigenvalue weighted by atomic mass is 32.1. The molecule has 1 heterocycles. The monoisotopic (exact) mass is 265 g/mol. The van der Waals surface area contributed by atoms with Crippen LogP contribution in [0.3, 0.4) is 0 Å². The Labute approximate surface area is 114 Å². The van der Waals surface area contributed by atoms with Crippen LogP contribution in [0.5, 0.6) is 0 Å². The molecule has 0 unspecified atom stereocenters. The van der Waals surface area contributed by atoms with Crippen molar-refractivity contribution in [2.75, 3.05) is 13.1 Å². The number of guanidine groups is 1. The van der Waals surface area contributed by atoms with Crippen LogP contribution in [-0.2, 0) is 6.54 Å². The lowest BCUT2D eigenvalue weighted by Crippen LogP contribution is -2.37. The Morgan fingerprint density at radius 1 is 1.44 bits per heavy atom. The molecule has 100 valence electrons. The van der Waals surface area contributed by atoms with Crippen molar-refractivity contribution >= 4 is 17.3 Å². The molecule has 2 N–H and O–H groups in total. The Morgan fingerprint density at radius 2 is 2.33 bits per heavy atom. The number of nitrogens with one attached hydrogen (secondary N) is 2. The first-order chi connectivity index (χ1) is 8.88. The molecule has 1 saturated carbocycles. The maximum Gasteiger partial charge on any atom is 0.191 e. The zero-order chi connectivity index (χ0) is 12.6. The zero-order valence-electron chi connectivity index (χ0n) is 11.1. The van der Waals surface area contributed by atoms with Crippen LogP contribution in [0.15, 0.2) is 22.5 Å². The van der Waals surface area contributed by atoms with Gasteiger partial charge in [0.05, 0.1) is 6.54 Å². The number of rotatable bonds is 7. The topological polar surface area (TPSA) is 36.4 Å². The molecule has 0 bridgehead atoms. The molecule has 4 heteroatoms. The van der Waals surface area contributed by atoms with E-state index in [1.54, 1.807) is 11.3 Å². The van der Waals surface area contributed by atoms with E-state index in [2.05, 4.69) is 40.1 Å². The summed E-state index contributed by atoms with van der Waals surface area (Å²) in [6, 6.07) is 4.20. The first kappa shape index (κ1) is 13.4. The molecule has 1 aromatic heterocycles. The van der Waals surface area contributed by atoms with Crippen LogP contribution in [0.25, 0.3) is 0 Å². The van der Waals surface area contributed by atoms with Crippen LogP contribution in [0.4, 0.5) is 0 Å². The molecular weight excluding hydrogens is 242 g/mol. The fraction of sp³-hybridized carbons (Fsp3) is 0.643. The summed E-state index contributed by atoms with van der Waals surface area (Å²) in [6.07, 6.45) is 5.53. The molecule has 1 aromatic rings. The Bertz CT molecular complexity index is 355. The largest absolute Gasteiger partial charge is 0.357 e. The van der Waals surface area contributed by atoms with Crippen molar-refractivity contribution in [3.8, 4) is 0 Å². The second-order valence-electron chi connectivity index (χ2n) is 4.79. The predicted octanol–water partition coefficient (Wildman–Crippen LogP) is 2.99. The van der Waals surface area contributed by atoms with Gasteiger partial charge in [-0.3, -0.25) is 0 Å². The summed E-state index contributed by atoms with van der Waals surface area (Å²) in [7, 11) is 0. The molecule has 18 heavy (non-hydrogen) atoms. The van der Waals surface area contributed by atoms with Crippen molar-refractivity contribution in [1.82, 2.24) is 10.6 Å². The molecule has 1 aliphatic rings. The van der Waals surface area contributed by atoms with E-state index in [4.69, 9.17) is 0 Å². The van der Waals surface area contributed by atoms with Crippen LogP contribution >= 0.6 is 11.3 Å². The van der Waals surface area contributed by atoms with E-state index in [9.17, 15) is 0 Å². The van der Waals surface area contributed by atoms with E-state index in [1.165, 1.54) is 30.6 Å². The van der Waals surface area contributed by atoms with Gasteiger partial charge < -0.3 is 10.6 Å². The molecule has 2 rings (SSSR count). The second-order valence-corrected chi connectivity index (χ2v) is 5.82. The highest BCUT2D eigenvalue weighted by molar-refractivity contribution is 7.09. The maximum atomic E-state index is 4.59. The van der Waals surface area contributed by atoms with E-state index in [0.717, 1.165) is 31.5 Å². The highest BCUT2D eigenvalue weighted by Crippen LogP contribution is 2.33. The van der Waals surface area contributed by atoms with Crippen molar-refractivity contribution in [1.29, 1.82) is 0 Å². The van der Waals surface area contributed by atoms with Crippen molar-refractivity contribution in [3.05, 3.63) is 22.4 Å². The summed E-state index contributed by atoms with van der Waals surface area (Å²) >= 11 is 1.76. The minimum atomic E-state index is 0.773. The molecule has 0 atom stereocenters. The average Bonchev–Trinajstić information content (AvgIpc) is 3.05. The fourth-order valence-electron chi connectivity index (χ4n) is 1.91. The number of hydrogen-bond donors (Lipinski definition) is 2. The average molecular weight is 265 g/mol. The number of hydrogen-bond acceptors (Lipinski definition) is 2. The van der Waals surface area contributed by atoms with Gasteiger partial charge in [-0.25, -0.2) is 4.99 Å². The Morgan fingerprint density at radius 3 is 3.00 bits per heavy atom. The molecule has 1 fully saturated rings. The predicted molar refractivity (Wildman–Crippen MR) is 79.1 cm³/mol. The van der Waals surface area contributed by atoms with E-state index in [-0.39, 0.29) is 0 Å². The smallest absolute Gasteiger partial charge is 0.191 e. The van der Waals surface area contributed by atoms with E-state index in [0.29, 0.717) is 0 Å². The molecule has 0 radical (unpaired) electrons. The van der Waals surface area contributed by atoms with E-state index in [1.807, 2.05) is 0 Å². The van der Waals surface area contributed by atoms with Gasteiger partial charge in [0.1, 0.15) is 0 Å². The molecule has 0 spiro atoms. The fourth-order valence-corrected chi connectivity index (χ4v) is 2.53. The minimum Gasteiger partial charge on any atom is -0.357 e. The number of nitrogens with zero attached hydrogens (tertiary/aromatic N) is 1. The number of thiophene rings is 1. The van der Waals surface area contributed by atoms with Crippen LogP contribution in [0.2, 0.25) is 0 Å². The third kappa shape index (κ3) is 5.08. The van der Waals surface area contributed by atoms with Crippen LogP contribution in [0.1, 0.15) is 37.5 Å². The van der Waals surface area contributed by atoms with Gasteiger partial charge in [-0.15, -0.1) is 11.3 Å². The lowest BCUT2D eigenvalue weighted by molar-refractivity contribution is 0.645. The first-order valence-corrected chi connectivity index (χ1v) is 7.81.